The monoisotopic (exact) mass is 272 g/mol. The van der Waals surface area contributed by atoms with Gasteiger partial charge < -0.3 is 4.52 Å². The van der Waals surface area contributed by atoms with E-state index in [0.717, 1.165) is 6.42 Å². The van der Waals surface area contributed by atoms with Gasteiger partial charge in [-0.2, -0.15) is 4.31 Å². The van der Waals surface area contributed by atoms with Gasteiger partial charge in [-0.3, -0.25) is 0 Å². The average Bonchev–Trinajstić information content (AvgIpc) is 2.57. The van der Waals surface area contributed by atoms with E-state index in [1.807, 2.05) is 0 Å². The molecule has 1 fully saturated rings. The molecule has 1 aliphatic heterocycles. The van der Waals surface area contributed by atoms with Crippen molar-refractivity contribution in [2.45, 2.75) is 39.0 Å². The highest BCUT2D eigenvalue weighted by Gasteiger charge is 2.35. The number of sulfonamides is 1. The molecule has 0 spiro atoms. The summed E-state index contributed by atoms with van der Waals surface area (Å²) in [7, 11) is -3.47. The Hall–Kier alpha value is -0.880. The van der Waals surface area contributed by atoms with Crippen LogP contribution in [-0.4, -0.2) is 31.0 Å². The van der Waals surface area contributed by atoms with Crippen LogP contribution < -0.4 is 0 Å². The molecule has 1 aromatic heterocycles. The molecule has 0 unspecified atom stereocenters. The Balaban J connectivity index is 2.37. The largest absolute Gasteiger partial charge is 0.360 e. The van der Waals surface area contributed by atoms with Gasteiger partial charge in [-0.15, -0.1) is 0 Å². The highest BCUT2D eigenvalue weighted by Crippen LogP contribution is 2.29. The Morgan fingerprint density at radius 3 is 2.22 bits per heavy atom. The fourth-order valence-corrected chi connectivity index (χ4v) is 4.74. The Kier molecular flexibility index (Phi) is 3.51. The minimum Gasteiger partial charge on any atom is -0.360 e. The molecule has 2 rings (SSSR count). The average molecular weight is 272 g/mol. The maximum absolute atomic E-state index is 12.6. The first kappa shape index (κ1) is 13.5. The van der Waals surface area contributed by atoms with Crippen LogP contribution in [0.4, 0.5) is 0 Å². The molecule has 1 aliphatic rings. The molecular formula is C12H20N2O3S. The van der Waals surface area contributed by atoms with Crippen molar-refractivity contribution in [3.8, 4) is 0 Å². The SMILES string of the molecule is Cc1noc(C)c1S(=O)(=O)N1C[C@H](C)C[C@@H](C)C1. The maximum Gasteiger partial charge on any atom is 0.248 e. The van der Waals surface area contributed by atoms with Crippen LogP contribution in [0.25, 0.3) is 0 Å². The summed E-state index contributed by atoms with van der Waals surface area (Å²) in [4.78, 5) is 0.240. The summed E-state index contributed by atoms with van der Waals surface area (Å²) < 4.78 is 31.8. The summed E-state index contributed by atoms with van der Waals surface area (Å²) >= 11 is 0. The van der Waals surface area contributed by atoms with Crippen molar-refractivity contribution in [2.75, 3.05) is 13.1 Å². The van der Waals surface area contributed by atoms with Gasteiger partial charge in [-0.05, 0) is 32.1 Å². The van der Waals surface area contributed by atoms with E-state index in [1.54, 1.807) is 18.2 Å². The van der Waals surface area contributed by atoms with E-state index >= 15 is 0 Å². The lowest BCUT2D eigenvalue weighted by atomic mass is 9.94. The van der Waals surface area contributed by atoms with Crippen LogP contribution in [0.1, 0.15) is 31.7 Å². The highest BCUT2D eigenvalue weighted by atomic mass is 32.2. The molecular weight excluding hydrogens is 252 g/mol. The second-order valence-corrected chi connectivity index (χ2v) is 7.30. The molecule has 5 nitrogen and oxygen atoms in total. The van der Waals surface area contributed by atoms with Gasteiger partial charge in [0.25, 0.3) is 0 Å². The molecule has 102 valence electrons. The van der Waals surface area contributed by atoms with Crippen molar-refractivity contribution < 1.29 is 12.9 Å². The second kappa shape index (κ2) is 4.66. The molecule has 1 saturated heterocycles. The van der Waals surface area contributed by atoms with Crippen LogP contribution in [-0.2, 0) is 10.0 Å². The van der Waals surface area contributed by atoms with E-state index in [-0.39, 0.29) is 4.90 Å². The summed E-state index contributed by atoms with van der Waals surface area (Å²) in [5, 5.41) is 3.73. The van der Waals surface area contributed by atoms with Gasteiger partial charge in [0.05, 0.1) is 0 Å². The van der Waals surface area contributed by atoms with Crippen molar-refractivity contribution in [3.05, 3.63) is 11.5 Å². The summed E-state index contributed by atoms with van der Waals surface area (Å²) in [6, 6.07) is 0. The lowest BCUT2D eigenvalue weighted by Gasteiger charge is -2.33. The maximum atomic E-state index is 12.6. The normalized spacial score (nSPS) is 26.4. The smallest absolute Gasteiger partial charge is 0.248 e. The zero-order chi connectivity index (χ0) is 13.5. The van der Waals surface area contributed by atoms with Gasteiger partial charge in [-0.1, -0.05) is 19.0 Å². The van der Waals surface area contributed by atoms with Gasteiger partial charge in [0, 0.05) is 13.1 Å². The quantitative estimate of drug-likeness (QED) is 0.825. The summed E-state index contributed by atoms with van der Waals surface area (Å²) in [5.74, 6) is 1.16. The highest BCUT2D eigenvalue weighted by molar-refractivity contribution is 7.89. The Labute approximate surface area is 108 Å². The Morgan fingerprint density at radius 2 is 1.78 bits per heavy atom. The fourth-order valence-electron chi connectivity index (χ4n) is 2.77. The molecule has 0 aromatic carbocycles. The van der Waals surface area contributed by atoms with E-state index in [1.165, 1.54) is 0 Å². The van der Waals surface area contributed by atoms with E-state index < -0.39 is 10.0 Å². The topological polar surface area (TPSA) is 63.4 Å². The zero-order valence-electron chi connectivity index (χ0n) is 11.3. The third kappa shape index (κ3) is 2.31. The Bertz CT molecular complexity index is 506. The lowest BCUT2D eigenvalue weighted by Crippen LogP contribution is -2.42. The number of aryl methyl sites for hydroxylation is 2. The predicted molar refractivity (Wildman–Crippen MR) is 67.7 cm³/mol. The number of piperidine rings is 1. The summed E-state index contributed by atoms with van der Waals surface area (Å²) in [6.07, 6.45) is 1.08. The Morgan fingerprint density at radius 1 is 1.22 bits per heavy atom. The zero-order valence-corrected chi connectivity index (χ0v) is 12.1. The van der Waals surface area contributed by atoms with Crippen molar-refractivity contribution in [2.24, 2.45) is 11.8 Å². The molecule has 6 heteroatoms. The van der Waals surface area contributed by atoms with Crippen LogP contribution in [0.3, 0.4) is 0 Å². The predicted octanol–water partition coefficient (Wildman–Crippen LogP) is 1.96. The van der Waals surface area contributed by atoms with Gasteiger partial charge >= 0.3 is 0 Å². The van der Waals surface area contributed by atoms with Crippen LogP contribution in [0.15, 0.2) is 9.42 Å². The number of aromatic nitrogens is 1. The van der Waals surface area contributed by atoms with Gasteiger partial charge in [0.15, 0.2) is 5.76 Å². The molecule has 2 heterocycles. The molecule has 0 bridgehead atoms. The second-order valence-electron chi connectivity index (χ2n) is 5.42. The molecule has 1 aromatic rings. The number of rotatable bonds is 2. The number of hydrogen-bond acceptors (Lipinski definition) is 4. The molecule has 2 atom stereocenters. The van der Waals surface area contributed by atoms with E-state index in [4.69, 9.17) is 4.52 Å². The van der Waals surface area contributed by atoms with Crippen LogP contribution in [0.5, 0.6) is 0 Å². The molecule has 0 aliphatic carbocycles. The first-order valence-corrected chi connectivity index (χ1v) is 7.69. The lowest BCUT2D eigenvalue weighted by molar-refractivity contribution is 0.222. The number of hydrogen-bond donors (Lipinski definition) is 0. The summed E-state index contributed by atoms with van der Waals surface area (Å²) in [5.41, 5.74) is 0.443. The summed E-state index contributed by atoms with van der Waals surface area (Å²) in [6.45, 7) is 8.65. The van der Waals surface area contributed by atoms with Crippen molar-refractivity contribution >= 4 is 10.0 Å². The van der Waals surface area contributed by atoms with Crippen LogP contribution >= 0.6 is 0 Å². The van der Waals surface area contributed by atoms with Crippen molar-refractivity contribution in [3.63, 3.8) is 0 Å². The first-order valence-electron chi connectivity index (χ1n) is 6.25. The van der Waals surface area contributed by atoms with Crippen LogP contribution in [0, 0.1) is 25.7 Å². The molecule has 0 amide bonds. The van der Waals surface area contributed by atoms with Gasteiger partial charge in [-0.25, -0.2) is 8.42 Å². The van der Waals surface area contributed by atoms with Crippen LogP contribution in [0.2, 0.25) is 0 Å². The van der Waals surface area contributed by atoms with Gasteiger partial charge in [0.2, 0.25) is 10.0 Å². The standard InChI is InChI=1S/C12H20N2O3S/c1-8-5-9(2)7-14(6-8)18(15,16)12-10(3)13-17-11(12)4/h8-9H,5-7H2,1-4H3/t8-,9-/m1/s1. The molecule has 18 heavy (non-hydrogen) atoms. The van der Waals surface area contributed by atoms with E-state index in [9.17, 15) is 8.42 Å². The van der Waals surface area contributed by atoms with Crippen molar-refractivity contribution in [1.82, 2.24) is 9.46 Å². The van der Waals surface area contributed by atoms with E-state index in [0.29, 0.717) is 36.4 Å². The molecule has 0 saturated carbocycles. The number of nitrogens with zero attached hydrogens (tertiary/aromatic N) is 2. The third-order valence-electron chi connectivity index (χ3n) is 3.40. The minimum atomic E-state index is -3.47. The molecule has 0 radical (unpaired) electrons. The molecule has 0 N–H and O–H groups in total. The minimum absolute atomic E-state index is 0.240. The third-order valence-corrected chi connectivity index (χ3v) is 5.48. The fraction of sp³-hybridized carbons (Fsp3) is 0.750. The van der Waals surface area contributed by atoms with Gasteiger partial charge in [0.1, 0.15) is 10.6 Å². The van der Waals surface area contributed by atoms with Crippen molar-refractivity contribution in [1.29, 1.82) is 0 Å². The van der Waals surface area contributed by atoms with E-state index in [2.05, 4.69) is 19.0 Å². The first-order chi connectivity index (χ1) is 8.32.